The third-order valence-electron chi connectivity index (χ3n) is 2.56. The molecule has 0 saturated heterocycles. The van der Waals surface area contributed by atoms with Crippen LogP contribution >= 0.6 is 0 Å². The molecule has 10 nitrogen and oxygen atoms in total. The normalized spacial score (nSPS) is 11.4. The molecule has 0 spiro atoms. The number of rotatable bonds is 4. The molecule has 0 bridgehead atoms. The fourth-order valence-electron chi connectivity index (χ4n) is 1.66. The smallest absolute Gasteiger partial charge is 0.299 e. The van der Waals surface area contributed by atoms with Crippen LogP contribution in [0.1, 0.15) is 11.4 Å². The molecule has 0 atom stereocenters. The summed E-state index contributed by atoms with van der Waals surface area (Å²) < 4.78 is 6.96. The molecule has 2 aromatic rings. The first kappa shape index (κ1) is 14.2. The number of nitrogens with two attached hydrogens (primary N) is 1. The van der Waals surface area contributed by atoms with E-state index in [-0.39, 0.29) is 17.3 Å². The summed E-state index contributed by atoms with van der Waals surface area (Å²) in [6.07, 6.45) is 0. The van der Waals surface area contributed by atoms with Gasteiger partial charge in [0.05, 0.1) is 10.6 Å². The molecule has 0 aliphatic rings. The SMILES string of the molecule is Cc1cc(Oc2ccc([N+](=O)[O-])c(/C(N)=N/O)n2)n(C)n1. The van der Waals surface area contributed by atoms with Gasteiger partial charge in [0.25, 0.3) is 5.69 Å². The van der Waals surface area contributed by atoms with Crippen molar-refractivity contribution in [1.82, 2.24) is 14.8 Å². The zero-order valence-electron chi connectivity index (χ0n) is 11.2. The highest BCUT2D eigenvalue weighted by atomic mass is 16.6. The Morgan fingerprint density at radius 3 is 2.81 bits per heavy atom. The molecule has 2 rings (SSSR count). The van der Waals surface area contributed by atoms with Crippen LogP contribution < -0.4 is 10.5 Å². The van der Waals surface area contributed by atoms with Crippen LogP contribution in [-0.2, 0) is 7.05 Å². The lowest BCUT2D eigenvalue weighted by molar-refractivity contribution is -0.385. The van der Waals surface area contributed by atoms with Gasteiger partial charge in [-0.1, -0.05) is 5.16 Å². The zero-order chi connectivity index (χ0) is 15.6. The number of nitro groups is 1. The lowest BCUT2D eigenvalue weighted by Gasteiger charge is -2.06. The lowest BCUT2D eigenvalue weighted by atomic mass is 10.3. The first-order chi connectivity index (χ1) is 9.92. The van der Waals surface area contributed by atoms with Gasteiger partial charge >= 0.3 is 0 Å². The van der Waals surface area contributed by atoms with Gasteiger partial charge in [0, 0.05) is 25.2 Å². The molecule has 0 unspecified atom stereocenters. The van der Waals surface area contributed by atoms with E-state index < -0.39 is 10.8 Å². The van der Waals surface area contributed by atoms with Crippen LogP contribution in [0.3, 0.4) is 0 Å². The van der Waals surface area contributed by atoms with Crippen molar-refractivity contribution in [3.63, 3.8) is 0 Å². The summed E-state index contributed by atoms with van der Waals surface area (Å²) in [5.74, 6) is -0.0159. The number of hydrogen-bond donors (Lipinski definition) is 2. The highest BCUT2D eigenvalue weighted by molar-refractivity contribution is 5.98. The maximum atomic E-state index is 10.9. The van der Waals surface area contributed by atoms with E-state index in [0.29, 0.717) is 5.88 Å². The number of aryl methyl sites for hydroxylation is 2. The second kappa shape index (κ2) is 5.45. The van der Waals surface area contributed by atoms with Gasteiger partial charge in [-0.05, 0) is 6.92 Å². The molecular weight excluding hydrogens is 280 g/mol. The quantitative estimate of drug-likeness (QED) is 0.280. The number of nitrogens with zero attached hydrogens (tertiary/aromatic N) is 5. The summed E-state index contributed by atoms with van der Waals surface area (Å²) in [4.78, 5) is 14.1. The molecule has 10 heteroatoms. The van der Waals surface area contributed by atoms with Crippen molar-refractivity contribution in [2.75, 3.05) is 0 Å². The van der Waals surface area contributed by atoms with Gasteiger partial charge in [-0.3, -0.25) is 10.1 Å². The van der Waals surface area contributed by atoms with E-state index in [1.165, 1.54) is 16.8 Å². The number of oxime groups is 1. The molecule has 3 N–H and O–H groups in total. The summed E-state index contributed by atoms with van der Waals surface area (Å²) in [7, 11) is 1.68. The molecule has 2 heterocycles. The fraction of sp³-hybridized carbons (Fsp3) is 0.182. The van der Waals surface area contributed by atoms with Gasteiger partial charge < -0.3 is 15.7 Å². The summed E-state index contributed by atoms with van der Waals surface area (Å²) in [6.45, 7) is 1.79. The first-order valence-corrected chi connectivity index (χ1v) is 5.74. The summed E-state index contributed by atoms with van der Waals surface area (Å²) in [6, 6.07) is 4.15. The molecule has 0 fully saturated rings. The monoisotopic (exact) mass is 292 g/mol. The zero-order valence-corrected chi connectivity index (χ0v) is 11.2. The Bertz CT molecular complexity index is 723. The maximum absolute atomic E-state index is 10.9. The Morgan fingerprint density at radius 2 is 2.29 bits per heavy atom. The van der Waals surface area contributed by atoms with Gasteiger partial charge in [0.1, 0.15) is 0 Å². The van der Waals surface area contributed by atoms with E-state index in [9.17, 15) is 10.1 Å². The molecular formula is C11H12N6O4. The van der Waals surface area contributed by atoms with Gasteiger partial charge in [-0.2, -0.15) is 5.10 Å². The lowest BCUT2D eigenvalue weighted by Crippen LogP contribution is -2.17. The van der Waals surface area contributed by atoms with Crippen molar-refractivity contribution in [3.05, 3.63) is 39.7 Å². The van der Waals surface area contributed by atoms with Crippen LogP contribution in [0.25, 0.3) is 0 Å². The van der Waals surface area contributed by atoms with E-state index in [1.807, 2.05) is 0 Å². The van der Waals surface area contributed by atoms with Crippen molar-refractivity contribution in [1.29, 1.82) is 0 Å². The number of ether oxygens (including phenoxy) is 1. The number of aromatic nitrogens is 3. The number of amidine groups is 1. The second-order valence-electron chi connectivity index (χ2n) is 4.11. The van der Waals surface area contributed by atoms with E-state index in [0.717, 1.165) is 5.69 Å². The molecule has 0 radical (unpaired) electrons. The molecule has 110 valence electrons. The number of hydrogen-bond acceptors (Lipinski definition) is 7. The third-order valence-corrected chi connectivity index (χ3v) is 2.56. The highest BCUT2D eigenvalue weighted by Crippen LogP contribution is 2.24. The Morgan fingerprint density at radius 1 is 1.57 bits per heavy atom. The predicted molar refractivity (Wildman–Crippen MR) is 71.4 cm³/mol. The van der Waals surface area contributed by atoms with Crippen LogP contribution in [-0.4, -0.2) is 30.7 Å². The fourth-order valence-corrected chi connectivity index (χ4v) is 1.66. The first-order valence-electron chi connectivity index (χ1n) is 5.74. The minimum atomic E-state index is -0.682. The van der Waals surface area contributed by atoms with Crippen LogP contribution in [0.15, 0.2) is 23.4 Å². The third kappa shape index (κ3) is 2.88. The van der Waals surface area contributed by atoms with E-state index in [1.54, 1.807) is 20.0 Å². The molecule has 2 aromatic heterocycles. The molecule has 0 saturated carbocycles. The molecule has 21 heavy (non-hydrogen) atoms. The second-order valence-corrected chi connectivity index (χ2v) is 4.11. The van der Waals surface area contributed by atoms with E-state index in [2.05, 4.69) is 15.2 Å². The van der Waals surface area contributed by atoms with E-state index >= 15 is 0 Å². The number of pyridine rings is 1. The standard InChI is InChI=1S/C11H12N6O4/c1-6-5-9(16(2)14-6)21-8-4-3-7(17(19)20)10(13-8)11(12)15-18/h3-5,18H,1-2H3,(H2,12,15). The van der Waals surface area contributed by atoms with Crippen molar-refractivity contribution in [2.24, 2.45) is 17.9 Å². The van der Waals surface area contributed by atoms with Crippen molar-refractivity contribution in [2.45, 2.75) is 6.92 Å². The minimum absolute atomic E-state index is 0.0604. The van der Waals surface area contributed by atoms with Crippen LogP contribution in [0.2, 0.25) is 0 Å². The molecule has 0 aliphatic carbocycles. The topological polar surface area (TPSA) is 142 Å². The van der Waals surface area contributed by atoms with Crippen molar-refractivity contribution >= 4 is 11.5 Å². The minimum Gasteiger partial charge on any atom is -0.421 e. The van der Waals surface area contributed by atoms with Gasteiger partial charge in [-0.15, -0.1) is 0 Å². The molecule has 0 aliphatic heterocycles. The Balaban J connectivity index is 2.42. The van der Waals surface area contributed by atoms with Gasteiger partial charge in [0.2, 0.25) is 11.8 Å². The average molecular weight is 292 g/mol. The largest absolute Gasteiger partial charge is 0.421 e. The summed E-state index contributed by atoms with van der Waals surface area (Å²) >= 11 is 0. The highest BCUT2D eigenvalue weighted by Gasteiger charge is 2.20. The molecule has 0 amide bonds. The molecule has 0 aromatic carbocycles. The average Bonchev–Trinajstić information content (AvgIpc) is 2.75. The van der Waals surface area contributed by atoms with Crippen LogP contribution in [0, 0.1) is 17.0 Å². The Hall–Kier alpha value is -3.17. The van der Waals surface area contributed by atoms with Gasteiger partial charge in [0.15, 0.2) is 11.5 Å². The van der Waals surface area contributed by atoms with Crippen molar-refractivity contribution in [3.8, 4) is 11.8 Å². The summed E-state index contributed by atoms with van der Waals surface area (Å²) in [5.41, 5.74) is 5.46. The maximum Gasteiger partial charge on any atom is 0.299 e. The Labute approximate surface area is 118 Å². The predicted octanol–water partition coefficient (Wildman–Crippen LogP) is 0.919. The Kier molecular flexibility index (Phi) is 3.69. The van der Waals surface area contributed by atoms with Gasteiger partial charge in [-0.25, -0.2) is 9.67 Å². The van der Waals surface area contributed by atoms with Crippen LogP contribution in [0.4, 0.5) is 5.69 Å². The summed E-state index contributed by atoms with van der Waals surface area (Å²) in [5, 5.41) is 26.4. The van der Waals surface area contributed by atoms with E-state index in [4.69, 9.17) is 15.7 Å². The van der Waals surface area contributed by atoms with Crippen LogP contribution in [0.5, 0.6) is 11.8 Å². The van der Waals surface area contributed by atoms with Crippen molar-refractivity contribution < 1.29 is 14.9 Å².